The third-order valence-electron chi connectivity index (χ3n) is 6.71. The van der Waals surface area contributed by atoms with Gasteiger partial charge >= 0.3 is 5.97 Å². The Bertz CT molecular complexity index is 1250. The summed E-state index contributed by atoms with van der Waals surface area (Å²) in [4.78, 5) is 25.6. The lowest BCUT2D eigenvalue weighted by molar-refractivity contribution is -0.147. The van der Waals surface area contributed by atoms with Gasteiger partial charge in [0, 0.05) is 12.4 Å². The number of rotatable bonds is 10. The number of aliphatic hydroxyl groups is 1. The molecule has 3 N–H and O–H groups in total. The molecule has 1 heterocycles. The molecule has 2 aromatic carbocycles. The highest BCUT2D eigenvalue weighted by Crippen LogP contribution is 2.30. The van der Waals surface area contributed by atoms with Gasteiger partial charge in [-0.05, 0) is 52.3 Å². The number of aliphatic carboxylic acids is 1. The number of hydrogen-bond acceptors (Lipinski definition) is 4. The van der Waals surface area contributed by atoms with E-state index in [-0.39, 0.29) is 6.61 Å². The molecule has 0 unspecified atom stereocenters. The lowest BCUT2D eigenvalue weighted by Crippen LogP contribution is -2.50. The average Bonchev–Trinajstić information content (AvgIpc) is 3.36. The van der Waals surface area contributed by atoms with E-state index in [0.717, 1.165) is 22.3 Å². The molecule has 7 heteroatoms. The smallest absolute Gasteiger partial charge is 0.309 e. The van der Waals surface area contributed by atoms with Crippen LogP contribution in [0.1, 0.15) is 52.1 Å². The molecule has 3 atom stereocenters. The summed E-state index contributed by atoms with van der Waals surface area (Å²) in [7, 11) is 0. The van der Waals surface area contributed by atoms with Crippen molar-refractivity contribution in [1.82, 2.24) is 9.88 Å². The van der Waals surface area contributed by atoms with Crippen LogP contribution in [0, 0.1) is 22.7 Å². The number of carboxylic acid groups (broad SMARTS) is 1. The van der Waals surface area contributed by atoms with Gasteiger partial charge in [0.1, 0.15) is 6.04 Å². The summed E-state index contributed by atoms with van der Waals surface area (Å²) in [5, 5.41) is 31.7. The molecule has 0 aliphatic rings. The van der Waals surface area contributed by atoms with Crippen LogP contribution in [0.5, 0.6) is 0 Å². The van der Waals surface area contributed by atoms with Gasteiger partial charge in [-0.2, -0.15) is 5.26 Å². The van der Waals surface area contributed by atoms with Gasteiger partial charge in [-0.25, -0.2) is 0 Å². The largest absolute Gasteiger partial charge is 0.481 e. The molecule has 3 rings (SSSR count). The summed E-state index contributed by atoms with van der Waals surface area (Å²) in [6, 6.07) is 17.8. The van der Waals surface area contributed by atoms with E-state index in [9.17, 15) is 19.8 Å². The van der Waals surface area contributed by atoms with Crippen molar-refractivity contribution < 1.29 is 19.8 Å². The Morgan fingerprint density at radius 3 is 1.97 bits per heavy atom. The number of aliphatic hydroxyl groups excluding tert-OH is 1. The maximum atomic E-state index is 13.4. The first-order valence-electron chi connectivity index (χ1n) is 12.5. The molecule has 1 amide bonds. The molecular weight excluding hydrogens is 466 g/mol. The van der Waals surface area contributed by atoms with Crippen molar-refractivity contribution in [2.75, 3.05) is 6.61 Å². The number of aromatic nitrogens is 1. The van der Waals surface area contributed by atoms with E-state index >= 15 is 0 Å². The molecule has 0 aliphatic carbocycles. The fourth-order valence-electron chi connectivity index (χ4n) is 4.40. The predicted molar refractivity (Wildman–Crippen MR) is 144 cm³/mol. The zero-order valence-electron chi connectivity index (χ0n) is 21.8. The molecule has 7 nitrogen and oxygen atoms in total. The Hall–Kier alpha value is -3.89. The summed E-state index contributed by atoms with van der Waals surface area (Å²) < 4.78 is 1.67. The lowest BCUT2D eigenvalue weighted by atomic mass is 9.86. The summed E-state index contributed by atoms with van der Waals surface area (Å²) in [5.41, 5.74) is 4.02. The lowest BCUT2D eigenvalue weighted by Gasteiger charge is -2.33. The Kier molecular flexibility index (Phi) is 8.90. The third kappa shape index (κ3) is 6.66. The number of hydrogen-bond donors (Lipinski definition) is 3. The van der Waals surface area contributed by atoms with Crippen LogP contribution in [0.15, 0.2) is 67.0 Å². The van der Waals surface area contributed by atoms with Crippen LogP contribution in [0.2, 0.25) is 0 Å². The van der Waals surface area contributed by atoms with Crippen LogP contribution in [-0.2, 0) is 9.59 Å². The van der Waals surface area contributed by atoms with Gasteiger partial charge < -0.3 is 20.1 Å². The topological polar surface area (TPSA) is 115 Å². The normalized spacial score (nSPS) is 13.8. The highest BCUT2D eigenvalue weighted by molar-refractivity contribution is 5.86. The predicted octanol–water partition coefficient (Wildman–Crippen LogP) is 5.26. The molecule has 0 fully saturated rings. The van der Waals surface area contributed by atoms with E-state index in [1.54, 1.807) is 29.1 Å². The molecule has 0 saturated heterocycles. The standard InChI is InChI=1S/C30H35N3O4/c1-5-6-25(29(36)37)27(28(35)32-26(19-34)30(2,3)4)33-16-15-24(18-33)23-13-11-22(12-14-23)21-9-7-20(17-31)8-10-21/h7-16,18,25-27,34H,5-6,19H2,1-4H3,(H,32,35)(H,36,37)/t25-,26+,27+/m0/s1. The third-order valence-corrected chi connectivity index (χ3v) is 6.71. The Balaban J connectivity index is 1.91. The Morgan fingerprint density at radius 1 is 0.973 bits per heavy atom. The first-order chi connectivity index (χ1) is 17.6. The van der Waals surface area contributed by atoms with Gasteiger partial charge in [-0.1, -0.05) is 70.5 Å². The number of carbonyl (C=O) groups excluding carboxylic acids is 1. The second kappa shape index (κ2) is 11.9. The second-order valence-corrected chi connectivity index (χ2v) is 10.4. The van der Waals surface area contributed by atoms with Crippen molar-refractivity contribution in [3.63, 3.8) is 0 Å². The van der Waals surface area contributed by atoms with E-state index in [4.69, 9.17) is 5.26 Å². The highest BCUT2D eigenvalue weighted by atomic mass is 16.4. The maximum absolute atomic E-state index is 13.4. The van der Waals surface area contributed by atoms with Crippen molar-refractivity contribution >= 4 is 11.9 Å². The molecule has 3 aromatic rings. The quantitative estimate of drug-likeness (QED) is 0.351. The SMILES string of the molecule is CCC[C@H](C(=O)O)[C@H](C(=O)N[C@H](CO)C(C)(C)C)n1ccc(-c2ccc(-c3ccc(C#N)cc3)cc2)c1. The zero-order chi connectivity index (χ0) is 27.2. The number of carbonyl (C=O) groups is 2. The molecular formula is C30H35N3O4. The van der Waals surface area contributed by atoms with E-state index in [0.29, 0.717) is 18.4 Å². The molecule has 0 spiro atoms. The summed E-state index contributed by atoms with van der Waals surface area (Å²) >= 11 is 0. The molecule has 0 aliphatic heterocycles. The second-order valence-electron chi connectivity index (χ2n) is 10.4. The summed E-state index contributed by atoms with van der Waals surface area (Å²) in [6.45, 7) is 7.40. The first kappa shape index (κ1) is 27.7. The highest BCUT2D eigenvalue weighted by Gasteiger charge is 2.37. The van der Waals surface area contributed by atoms with Gasteiger partial charge in [0.15, 0.2) is 0 Å². The molecule has 1 aromatic heterocycles. The molecule has 194 valence electrons. The molecule has 0 saturated carbocycles. The van der Waals surface area contributed by atoms with E-state index in [1.807, 2.05) is 70.2 Å². The van der Waals surface area contributed by atoms with Crippen LogP contribution in [-0.4, -0.2) is 39.3 Å². The van der Waals surface area contributed by atoms with E-state index < -0.39 is 35.3 Å². The maximum Gasteiger partial charge on any atom is 0.309 e. The van der Waals surface area contributed by atoms with Crippen molar-refractivity contribution in [3.05, 3.63) is 72.6 Å². The first-order valence-corrected chi connectivity index (χ1v) is 12.5. The van der Waals surface area contributed by atoms with Crippen LogP contribution >= 0.6 is 0 Å². The van der Waals surface area contributed by atoms with Gasteiger partial charge in [0.25, 0.3) is 0 Å². The fourth-order valence-corrected chi connectivity index (χ4v) is 4.40. The van der Waals surface area contributed by atoms with E-state index in [1.165, 1.54) is 0 Å². The summed E-state index contributed by atoms with van der Waals surface area (Å²) in [5.74, 6) is -2.36. The average molecular weight is 502 g/mol. The number of nitrogens with one attached hydrogen (secondary N) is 1. The minimum Gasteiger partial charge on any atom is -0.481 e. The van der Waals surface area contributed by atoms with Gasteiger partial charge in [-0.15, -0.1) is 0 Å². The van der Waals surface area contributed by atoms with Gasteiger partial charge in [0.2, 0.25) is 5.91 Å². The van der Waals surface area contributed by atoms with Crippen molar-refractivity contribution in [3.8, 4) is 28.3 Å². The van der Waals surface area contributed by atoms with Crippen molar-refractivity contribution in [2.24, 2.45) is 11.3 Å². The van der Waals surface area contributed by atoms with Crippen LogP contribution < -0.4 is 5.32 Å². The number of carboxylic acids is 1. The molecule has 0 bridgehead atoms. The minimum atomic E-state index is -1.03. The summed E-state index contributed by atoms with van der Waals surface area (Å²) in [6.07, 6.45) is 4.51. The van der Waals surface area contributed by atoms with Crippen molar-refractivity contribution in [1.29, 1.82) is 5.26 Å². The van der Waals surface area contributed by atoms with Crippen LogP contribution in [0.4, 0.5) is 0 Å². The zero-order valence-corrected chi connectivity index (χ0v) is 21.8. The minimum absolute atomic E-state index is 0.240. The molecule has 0 radical (unpaired) electrons. The number of benzene rings is 2. The van der Waals surface area contributed by atoms with E-state index in [2.05, 4.69) is 11.4 Å². The van der Waals surface area contributed by atoms with Crippen LogP contribution in [0.25, 0.3) is 22.3 Å². The van der Waals surface area contributed by atoms with Gasteiger partial charge in [0.05, 0.1) is 30.2 Å². The fraction of sp³-hybridized carbons (Fsp3) is 0.367. The Morgan fingerprint density at radius 2 is 1.51 bits per heavy atom. The van der Waals surface area contributed by atoms with Crippen molar-refractivity contribution in [2.45, 2.75) is 52.6 Å². The Labute approximate surface area is 218 Å². The number of nitriles is 1. The van der Waals surface area contributed by atoms with Gasteiger partial charge in [-0.3, -0.25) is 9.59 Å². The van der Waals surface area contributed by atoms with Crippen LogP contribution in [0.3, 0.4) is 0 Å². The monoisotopic (exact) mass is 501 g/mol. The molecule has 37 heavy (non-hydrogen) atoms. The number of amides is 1. The number of nitrogens with zero attached hydrogens (tertiary/aromatic N) is 2.